The summed E-state index contributed by atoms with van der Waals surface area (Å²) in [6.45, 7) is 8.62. The molecule has 0 radical (unpaired) electrons. The number of benzene rings is 1. The lowest BCUT2D eigenvalue weighted by atomic mass is 10.0. The first kappa shape index (κ1) is 22.3. The number of hydrogen-bond donors (Lipinski definition) is 1. The monoisotopic (exact) mass is 476 g/mol. The summed E-state index contributed by atoms with van der Waals surface area (Å²) >= 11 is 0. The van der Waals surface area contributed by atoms with Crippen LogP contribution in [0.15, 0.2) is 36.7 Å². The van der Waals surface area contributed by atoms with Crippen molar-refractivity contribution in [1.82, 2.24) is 24.8 Å². The SMILES string of the molecule is CC(Oc1nc(-c2ccc(N3CCN(C4COC4)CC3)cc2)cc2ncn(C)c12)[C@H]1CNC(=O)C1. The molecule has 1 aromatic carbocycles. The molecule has 1 amide bonds. The fraction of sp³-hybridized carbons (Fsp3) is 0.500. The van der Waals surface area contributed by atoms with Gasteiger partial charge in [0.05, 0.1) is 36.8 Å². The Hall–Kier alpha value is -3.17. The van der Waals surface area contributed by atoms with Gasteiger partial charge >= 0.3 is 0 Å². The molecule has 3 fully saturated rings. The van der Waals surface area contributed by atoms with Crippen molar-refractivity contribution in [1.29, 1.82) is 0 Å². The molecule has 0 bridgehead atoms. The zero-order valence-electron chi connectivity index (χ0n) is 20.3. The number of piperazine rings is 1. The third-order valence-electron chi connectivity index (χ3n) is 7.61. The average Bonchev–Trinajstić information content (AvgIpc) is 3.44. The highest BCUT2D eigenvalue weighted by atomic mass is 16.5. The van der Waals surface area contributed by atoms with Crippen molar-refractivity contribution in [2.45, 2.75) is 25.5 Å². The number of aromatic nitrogens is 3. The molecule has 3 aliphatic heterocycles. The molecule has 3 saturated heterocycles. The van der Waals surface area contributed by atoms with Gasteiger partial charge in [-0.3, -0.25) is 9.69 Å². The number of hydrogen-bond acceptors (Lipinski definition) is 7. The summed E-state index contributed by atoms with van der Waals surface area (Å²) in [7, 11) is 1.95. The van der Waals surface area contributed by atoms with E-state index in [9.17, 15) is 4.79 Å². The Labute approximate surface area is 205 Å². The summed E-state index contributed by atoms with van der Waals surface area (Å²) in [6.07, 6.45) is 2.13. The highest BCUT2D eigenvalue weighted by molar-refractivity contribution is 5.85. The largest absolute Gasteiger partial charge is 0.473 e. The highest BCUT2D eigenvalue weighted by Crippen LogP contribution is 2.31. The van der Waals surface area contributed by atoms with Crippen LogP contribution >= 0.6 is 0 Å². The van der Waals surface area contributed by atoms with Crippen molar-refractivity contribution in [3.63, 3.8) is 0 Å². The van der Waals surface area contributed by atoms with Gasteiger partial charge in [0, 0.05) is 63.4 Å². The molecule has 1 N–H and O–H groups in total. The minimum atomic E-state index is -0.137. The Morgan fingerprint density at radius 1 is 1.14 bits per heavy atom. The van der Waals surface area contributed by atoms with Crippen LogP contribution in [0.2, 0.25) is 0 Å². The fourth-order valence-corrected chi connectivity index (χ4v) is 5.22. The van der Waals surface area contributed by atoms with Gasteiger partial charge in [0.25, 0.3) is 0 Å². The maximum atomic E-state index is 11.7. The second-order valence-corrected chi connectivity index (χ2v) is 9.89. The summed E-state index contributed by atoms with van der Waals surface area (Å²) in [6, 6.07) is 11.2. The first-order valence-electron chi connectivity index (χ1n) is 12.5. The van der Waals surface area contributed by atoms with Gasteiger partial charge in [-0.15, -0.1) is 0 Å². The zero-order chi connectivity index (χ0) is 23.9. The van der Waals surface area contributed by atoms with Crippen LogP contribution in [0.3, 0.4) is 0 Å². The number of aryl methyl sites for hydroxylation is 1. The molecular formula is C26H32N6O3. The highest BCUT2D eigenvalue weighted by Gasteiger charge is 2.30. The molecular weight excluding hydrogens is 444 g/mol. The van der Waals surface area contributed by atoms with Crippen LogP contribution in [0.25, 0.3) is 22.3 Å². The number of ether oxygens (including phenoxy) is 2. The Bertz CT molecular complexity index is 1210. The maximum Gasteiger partial charge on any atom is 0.241 e. The number of carbonyl (C=O) groups is 1. The number of pyridine rings is 1. The van der Waals surface area contributed by atoms with E-state index in [1.807, 2.05) is 24.6 Å². The molecule has 2 aromatic heterocycles. The zero-order valence-corrected chi connectivity index (χ0v) is 20.3. The number of imidazole rings is 1. The van der Waals surface area contributed by atoms with Crippen LogP contribution < -0.4 is 15.0 Å². The lowest BCUT2D eigenvalue weighted by Crippen LogP contribution is -2.56. The molecule has 2 atom stereocenters. The minimum absolute atomic E-state index is 0.0800. The number of rotatable bonds is 6. The first-order valence-corrected chi connectivity index (χ1v) is 12.5. The molecule has 35 heavy (non-hydrogen) atoms. The summed E-state index contributed by atoms with van der Waals surface area (Å²) < 4.78 is 13.6. The fourth-order valence-electron chi connectivity index (χ4n) is 5.22. The summed E-state index contributed by atoms with van der Waals surface area (Å²) in [5.74, 6) is 0.772. The van der Waals surface area contributed by atoms with E-state index in [1.54, 1.807) is 6.33 Å². The van der Waals surface area contributed by atoms with E-state index in [2.05, 4.69) is 44.4 Å². The molecule has 9 nitrogen and oxygen atoms in total. The quantitative estimate of drug-likeness (QED) is 0.583. The van der Waals surface area contributed by atoms with Crippen LogP contribution in [0.5, 0.6) is 5.88 Å². The van der Waals surface area contributed by atoms with Crippen LogP contribution in [-0.2, 0) is 16.6 Å². The van der Waals surface area contributed by atoms with Gasteiger partial charge in [-0.05, 0) is 25.1 Å². The maximum absolute atomic E-state index is 11.7. The van der Waals surface area contributed by atoms with Crippen LogP contribution in [-0.4, -0.2) is 83.4 Å². The molecule has 0 saturated carbocycles. The van der Waals surface area contributed by atoms with E-state index in [-0.39, 0.29) is 17.9 Å². The van der Waals surface area contributed by atoms with E-state index >= 15 is 0 Å². The van der Waals surface area contributed by atoms with E-state index in [0.717, 1.165) is 61.7 Å². The number of carbonyl (C=O) groups excluding carboxylic acids is 1. The van der Waals surface area contributed by atoms with Gasteiger partial charge in [-0.2, -0.15) is 0 Å². The van der Waals surface area contributed by atoms with Gasteiger partial charge < -0.3 is 24.3 Å². The molecule has 1 unspecified atom stereocenters. The average molecular weight is 477 g/mol. The summed E-state index contributed by atoms with van der Waals surface area (Å²) in [4.78, 5) is 26.1. The van der Waals surface area contributed by atoms with Crippen LogP contribution in [0.4, 0.5) is 5.69 Å². The molecule has 3 aromatic rings. The predicted octanol–water partition coefficient (Wildman–Crippen LogP) is 2.06. The van der Waals surface area contributed by atoms with E-state index in [1.165, 1.54) is 5.69 Å². The number of nitrogens with zero attached hydrogens (tertiary/aromatic N) is 5. The predicted molar refractivity (Wildman–Crippen MR) is 134 cm³/mol. The Balaban J connectivity index is 1.21. The van der Waals surface area contributed by atoms with Crippen molar-refractivity contribution in [3.8, 4) is 17.1 Å². The lowest BCUT2D eigenvalue weighted by molar-refractivity contribution is -0.119. The Kier molecular flexibility index (Phi) is 5.82. The third-order valence-corrected chi connectivity index (χ3v) is 7.61. The smallest absolute Gasteiger partial charge is 0.241 e. The van der Waals surface area contributed by atoms with Gasteiger partial charge in [0.2, 0.25) is 11.8 Å². The molecule has 0 spiro atoms. The lowest BCUT2D eigenvalue weighted by Gasteiger charge is -2.43. The molecule has 5 heterocycles. The molecule has 3 aliphatic rings. The van der Waals surface area contributed by atoms with Crippen LogP contribution in [0, 0.1) is 5.92 Å². The van der Waals surface area contributed by atoms with E-state index < -0.39 is 0 Å². The Morgan fingerprint density at radius 2 is 1.91 bits per heavy atom. The minimum Gasteiger partial charge on any atom is -0.473 e. The third kappa shape index (κ3) is 4.34. The normalized spacial score (nSPS) is 22.3. The van der Waals surface area contributed by atoms with E-state index in [4.69, 9.17) is 14.5 Å². The standard InChI is InChI=1S/C26H32N6O3/c1-17(19-11-24(33)27-13-19)35-26-25-23(28-16-30(25)2)12-22(29-26)18-3-5-20(6-4-18)31-7-9-32(10-8-31)21-14-34-15-21/h3-6,12,16-17,19,21H,7-11,13-15H2,1-2H3,(H,27,33)/t17?,19-/m1/s1. The van der Waals surface area contributed by atoms with E-state index in [0.29, 0.717) is 24.9 Å². The molecule has 0 aliphatic carbocycles. The Morgan fingerprint density at radius 3 is 2.57 bits per heavy atom. The summed E-state index contributed by atoms with van der Waals surface area (Å²) in [5, 5.41) is 2.89. The van der Waals surface area contributed by atoms with Gasteiger partial charge in [-0.1, -0.05) is 12.1 Å². The van der Waals surface area contributed by atoms with Crippen molar-refractivity contribution < 1.29 is 14.3 Å². The molecule has 9 heteroatoms. The van der Waals surface area contributed by atoms with Crippen molar-refractivity contribution in [2.24, 2.45) is 13.0 Å². The van der Waals surface area contributed by atoms with Crippen molar-refractivity contribution in [3.05, 3.63) is 36.7 Å². The molecule has 6 rings (SSSR count). The first-order chi connectivity index (χ1) is 17.0. The second-order valence-electron chi connectivity index (χ2n) is 9.89. The van der Waals surface area contributed by atoms with Crippen LogP contribution in [0.1, 0.15) is 13.3 Å². The second kappa shape index (κ2) is 9.13. The topological polar surface area (TPSA) is 84.8 Å². The number of nitrogens with one attached hydrogen (secondary N) is 1. The van der Waals surface area contributed by atoms with Gasteiger partial charge in [-0.25, -0.2) is 9.97 Å². The molecule has 184 valence electrons. The number of fused-ring (bicyclic) bond motifs is 1. The van der Waals surface area contributed by atoms with Gasteiger partial charge in [0.1, 0.15) is 11.6 Å². The van der Waals surface area contributed by atoms with Crippen molar-refractivity contribution in [2.75, 3.05) is 50.8 Å². The van der Waals surface area contributed by atoms with Crippen molar-refractivity contribution >= 4 is 22.6 Å². The van der Waals surface area contributed by atoms with Gasteiger partial charge in [0.15, 0.2) is 0 Å². The summed E-state index contributed by atoms with van der Waals surface area (Å²) in [5.41, 5.74) is 4.81. The number of anilines is 1. The number of amides is 1.